The van der Waals surface area contributed by atoms with Crippen LogP contribution in [0.15, 0.2) is 12.2 Å². The van der Waals surface area contributed by atoms with Crippen molar-refractivity contribution in [1.82, 2.24) is 0 Å². The predicted octanol–water partition coefficient (Wildman–Crippen LogP) is 2.47. The molecule has 0 spiro atoms. The maximum atomic E-state index is 11.4. The largest absolute Gasteiger partial charge is 0.462 e. The summed E-state index contributed by atoms with van der Waals surface area (Å²) in [6, 6.07) is 2.10. The molecule has 7 heteroatoms. The van der Waals surface area contributed by atoms with Crippen LogP contribution in [0, 0.1) is 0 Å². The maximum absolute atomic E-state index is 11.4. The van der Waals surface area contributed by atoms with Gasteiger partial charge in [0.25, 0.3) is 0 Å². The highest BCUT2D eigenvalue weighted by molar-refractivity contribution is 6.59. The van der Waals surface area contributed by atoms with E-state index in [0.29, 0.717) is 38.1 Å². The van der Waals surface area contributed by atoms with Gasteiger partial charge in [0.1, 0.15) is 20.8 Å². The molecular formula is C18H34O6Si. The molecule has 0 aliphatic carbocycles. The number of esters is 1. The normalized spacial score (nSPS) is 17.5. The van der Waals surface area contributed by atoms with Crippen molar-refractivity contribution in [3.63, 3.8) is 0 Å². The van der Waals surface area contributed by atoms with Gasteiger partial charge in [0.05, 0.1) is 19.8 Å². The van der Waals surface area contributed by atoms with Crippen molar-refractivity contribution in [2.24, 2.45) is 0 Å². The molecule has 1 aliphatic rings. The molecule has 6 nitrogen and oxygen atoms in total. The lowest BCUT2D eigenvalue weighted by molar-refractivity contribution is -0.138. The lowest BCUT2D eigenvalue weighted by Gasteiger charge is -2.25. The summed E-state index contributed by atoms with van der Waals surface area (Å²) in [6.45, 7) is 13.2. The second-order valence-electron chi connectivity index (χ2n) is 6.27. The average molecular weight is 375 g/mol. The zero-order valence-electron chi connectivity index (χ0n) is 16.0. The Morgan fingerprint density at radius 2 is 1.80 bits per heavy atom. The minimum Gasteiger partial charge on any atom is -0.462 e. The summed E-state index contributed by atoms with van der Waals surface area (Å²) in [4.78, 5) is 11.4. The fourth-order valence-corrected chi connectivity index (χ4v) is 5.67. The Morgan fingerprint density at radius 3 is 2.32 bits per heavy atom. The van der Waals surface area contributed by atoms with Crippen LogP contribution in [0.4, 0.5) is 0 Å². The topological polar surface area (TPSA) is 66.5 Å². The van der Waals surface area contributed by atoms with Gasteiger partial charge in [0, 0.05) is 25.4 Å². The molecule has 0 aromatic heterocycles. The van der Waals surface area contributed by atoms with Crippen LogP contribution in [0.1, 0.15) is 33.6 Å². The minimum absolute atomic E-state index is 0.0846. The van der Waals surface area contributed by atoms with E-state index in [1.165, 1.54) is 0 Å². The van der Waals surface area contributed by atoms with Crippen molar-refractivity contribution in [3.8, 4) is 0 Å². The smallest absolute Gasteiger partial charge is 0.333 e. The number of hydrogen-bond donors (Lipinski definition) is 0. The second-order valence-corrected chi connectivity index (χ2v) is 9.49. The minimum atomic E-state index is -1.29. The van der Waals surface area contributed by atoms with Crippen molar-refractivity contribution in [3.05, 3.63) is 12.2 Å². The lowest BCUT2D eigenvalue weighted by atomic mass is 10.4. The van der Waals surface area contributed by atoms with Crippen molar-refractivity contribution >= 4 is 14.8 Å². The predicted molar refractivity (Wildman–Crippen MR) is 99.4 cm³/mol. The third-order valence-electron chi connectivity index (χ3n) is 3.92. The van der Waals surface area contributed by atoms with Gasteiger partial charge in [-0.1, -0.05) is 18.7 Å². The number of carbonyl (C=O) groups is 1. The fraction of sp³-hybridized carbons (Fsp3) is 0.833. The monoisotopic (exact) mass is 374 g/mol. The van der Waals surface area contributed by atoms with Crippen LogP contribution >= 0.6 is 0 Å². The third-order valence-corrected chi connectivity index (χ3v) is 7.37. The third kappa shape index (κ3) is 10.8. The van der Waals surface area contributed by atoms with Crippen LogP contribution in [-0.4, -0.2) is 66.4 Å². The lowest BCUT2D eigenvalue weighted by Crippen LogP contribution is -2.36. The number of carbonyl (C=O) groups excluding carboxylic acids is 1. The summed E-state index contributed by atoms with van der Waals surface area (Å²) in [7, 11) is -1.29. The van der Waals surface area contributed by atoms with Gasteiger partial charge < -0.3 is 23.7 Å². The maximum Gasteiger partial charge on any atom is 0.333 e. The molecule has 2 atom stereocenters. The van der Waals surface area contributed by atoms with E-state index < -0.39 is 8.80 Å². The fourth-order valence-electron chi connectivity index (χ4n) is 2.53. The summed E-state index contributed by atoms with van der Waals surface area (Å²) in [5, 5.41) is 0. The van der Waals surface area contributed by atoms with Gasteiger partial charge in [-0.15, -0.1) is 0 Å². The SMILES string of the molecule is C=C(C)C(=O)OCCC[SiH](CCCOCC1CO1)C(OCC)OCC. The van der Waals surface area contributed by atoms with Crippen molar-refractivity contribution in [1.29, 1.82) is 0 Å². The van der Waals surface area contributed by atoms with Crippen LogP contribution in [0.25, 0.3) is 0 Å². The molecule has 1 rings (SSSR count). The van der Waals surface area contributed by atoms with Crippen molar-refractivity contribution in [2.75, 3.05) is 39.6 Å². The molecular weight excluding hydrogens is 340 g/mol. The van der Waals surface area contributed by atoms with Gasteiger partial charge in [-0.2, -0.15) is 0 Å². The standard InChI is InChI=1S/C18H34O6Si/c1-5-21-18(22-6-2)25(11-7-9-20-13-16-14-24-16)12-8-10-23-17(19)15(3)4/h16,18,25H,3,5-14H2,1-2,4H3. The van der Waals surface area contributed by atoms with Gasteiger partial charge in [0.2, 0.25) is 0 Å². The highest BCUT2D eigenvalue weighted by Gasteiger charge is 2.25. The zero-order chi connectivity index (χ0) is 18.5. The summed E-state index contributed by atoms with van der Waals surface area (Å²) in [6.07, 6.45) is 2.16. The summed E-state index contributed by atoms with van der Waals surface area (Å²) in [5.74, 6) is -0.404. The van der Waals surface area contributed by atoms with Crippen LogP contribution in [0.2, 0.25) is 12.1 Å². The number of hydrogen-bond acceptors (Lipinski definition) is 6. The highest BCUT2D eigenvalue weighted by Crippen LogP contribution is 2.16. The molecule has 0 aromatic carbocycles. The van der Waals surface area contributed by atoms with Gasteiger partial charge in [-0.3, -0.25) is 0 Å². The molecule has 0 saturated carbocycles. The van der Waals surface area contributed by atoms with Crippen LogP contribution < -0.4 is 0 Å². The second kappa shape index (κ2) is 13.5. The van der Waals surface area contributed by atoms with Crippen LogP contribution in [0.5, 0.6) is 0 Å². The molecule has 0 amide bonds. The Labute approximate surface area is 153 Å². The van der Waals surface area contributed by atoms with Crippen molar-refractivity contribution in [2.45, 2.75) is 57.7 Å². The number of ether oxygens (including phenoxy) is 5. The highest BCUT2D eigenvalue weighted by atomic mass is 28.3. The first-order chi connectivity index (χ1) is 12.1. The number of epoxide rings is 1. The molecule has 0 N–H and O–H groups in total. The van der Waals surface area contributed by atoms with Gasteiger partial charge in [0.15, 0.2) is 0 Å². The molecule has 0 radical (unpaired) electrons. The number of rotatable bonds is 16. The average Bonchev–Trinajstić information content (AvgIpc) is 3.40. The Kier molecular flexibility index (Phi) is 12.0. The molecule has 146 valence electrons. The van der Waals surface area contributed by atoms with Gasteiger partial charge in [-0.25, -0.2) is 4.79 Å². The van der Waals surface area contributed by atoms with E-state index in [1.54, 1.807) is 6.92 Å². The summed E-state index contributed by atoms with van der Waals surface area (Å²) in [5.41, 5.74) is 0.437. The van der Waals surface area contributed by atoms with E-state index in [0.717, 1.165) is 38.1 Å². The summed E-state index contributed by atoms with van der Waals surface area (Å²) < 4.78 is 27.6. The molecule has 1 saturated heterocycles. The molecule has 25 heavy (non-hydrogen) atoms. The molecule has 1 heterocycles. The molecule has 2 unspecified atom stereocenters. The Morgan fingerprint density at radius 1 is 1.20 bits per heavy atom. The molecule has 1 aliphatic heterocycles. The quantitative estimate of drug-likeness (QED) is 0.103. The Hall–Kier alpha value is -0.733. The first-order valence-electron chi connectivity index (χ1n) is 9.33. The van der Waals surface area contributed by atoms with Crippen molar-refractivity contribution < 1.29 is 28.5 Å². The van der Waals surface area contributed by atoms with E-state index in [4.69, 9.17) is 23.7 Å². The van der Waals surface area contributed by atoms with E-state index in [-0.39, 0.29) is 11.9 Å². The van der Waals surface area contributed by atoms with E-state index in [1.807, 2.05) is 13.8 Å². The molecule has 0 bridgehead atoms. The first kappa shape index (κ1) is 22.3. The van der Waals surface area contributed by atoms with Crippen LogP contribution in [-0.2, 0) is 28.5 Å². The summed E-state index contributed by atoms with van der Waals surface area (Å²) >= 11 is 0. The van der Waals surface area contributed by atoms with E-state index >= 15 is 0 Å². The zero-order valence-corrected chi connectivity index (χ0v) is 17.1. The molecule has 0 aromatic rings. The molecule has 1 fully saturated rings. The van der Waals surface area contributed by atoms with Crippen LogP contribution in [0.3, 0.4) is 0 Å². The van der Waals surface area contributed by atoms with Gasteiger partial charge in [-0.05, 0) is 33.6 Å². The Bertz CT molecular complexity index is 380. The van der Waals surface area contributed by atoms with E-state index in [9.17, 15) is 4.79 Å². The van der Waals surface area contributed by atoms with Gasteiger partial charge >= 0.3 is 5.97 Å². The first-order valence-corrected chi connectivity index (χ1v) is 11.6. The Balaban J connectivity index is 2.33. The van der Waals surface area contributed by atoms with E-state index in [2.05, 4.69) is 6.58 Å².